The normalized spacial score (nSPS) is 25.3. The minimum atomic E-state index is -0.728. The van der Waals surface area contributed by atoms with Crippen LogP contribution in [0.1, 0.15) is 12.0 Å². The minimum absolute atomic E-state index is 0.227. The summed E-state index contributed by atoms with van der Waals surface area (Å²) in [6.07, 6.45) is 1.80. The molecule has 0 spiro atoms. The van der Waals surface area contributed by atoms with Gasteiger partial charge in [-0.2, -0.15) is 0 Å². The predicted octanol–water partition coefficient (Wildman–Crippen LogP) is 1.29. The largest absolute Gasteiger partial charge is 0.480 e. The van der Waals surface area contributed by atoms with Crippen LogP contribution in [0.25, 0.3) is 0 Å². The van der Waals surface area contributed by atoms with Crippen molar-refractivity contribution in [2.24, 2.45) is 5.92 Å². The molecule has 0 amide bonds. The summed E-state index contributed by atoms with van der Waals surface area (Å²) in [6, 6.07) is 9.70. The number of hydrogen-bond donors (Lipinski definition) is 2. The summed E-state index contributed by atoms with van der Waals surface area (Å²) in [5.41, 5.74) is 1.22. The van der Waals surface area contributed by atoms with Crippen molar-refractivity contribution in [1.29, 1.82) is 0 Å². The van der Waals surface area contributed by atoms with Crippen molar-refractivity contribution in [3.63, 3.8) is 0 Å². The molecule has 1 aliphatic rings. The first-order chi connectivity index (χ1) is 7.27. The lowest BCUT2D eigenvalue weighted by molar-refractivity contribution is -0.140. The van der Waals surface area contributed by atoms with Crippen molar-refractivity contribution in [3.05, 3.63) is 35.9 Å². The van der Waals surface area contributed by atoms with Crippen LogP contribution in [0.15, 0.2) is 30.3 Å². The zero-order chi connectivity index (χ0) is 10.7. The second kappa shape index (κ2) is 4.45. The second-order valence-electron chi connectivity index (χ2n) is 4.01. The van der Waals surface area contributed by atoms with Gasteiger partial charge in [0.05, 0.1) is 0 Å². The first-order valence-corrected chi connectivity index (χ1v) is 5.27. The molecule has 80 valence electrons. The van der Waals surface area contributed by atoms with Crippen molar-refractivity contribution in [2.75, 3.05) is 6.54 Å². The first-order valence-electron chi connectivity index (χ1n) is 5.27. The highest BCUT2D eigenvalue weighted by atomic mass is 16.4. The number of carbonyl (C=O) groups is 1. The van der Waals surface area contributed by atoms with Gasteiger partial charge in [0.15, 0.2) is 0 Å². The number of aliphatic carboxylic acids is 1. The van der Waals surface area contributed by atoms with Crippen molar-refractivity contribution >= 4 is 5.97 Å². The molecule has 1 saturated heterocycles. The average molecular weight is 205 g/mol. The Morgan fingerprint density at radius 2 is 2.13 bits per heavy atom. The van der Waals surface area contributed by atoms with Crippen LogP contribution in [0.5, 0.6) is 0 Å². The van der Waals surface area contributed by atoms with E-state index in [1.54, 1.807) is 0 Å². The standard InChI is InChI=1S/C12H15NO2/c14-12(15)11-10(6-7-13-11)8-9-4-2-1-3-5-9/h1-5,10-11,13H,6-8H2,(H,14,15)/t10-,11+/m0/s1. The van der Waals surface area contributed by atoms with E-state index in [1.807, 2.05) is 18.2 Å². The lowest BCUT2D eigenvalue weighted by Gasteiger charge is -2.15. The van der Waals surface area contributed by atoms with Gasteiger partial charge in [0, 0.05) is 0 Å². The molecule has 15 heavy (non-hydrogen) atoms. The molecule has 1 fully saturated rings. The highest BCUT2D eigenvalue weighted by Crippen LogP contribution is 2.20. The predicted molar refractivity (Wildman–Crippen MR) is 57.7 cm³/mol. The van der Waals surface area contributed by atoms with E-state index in [1.165, 1.54) is 5.56 Å². The van der Waals surface area contributed by atoms with Crippen LogP contribution in [0, 0.1) is 5.92 Å². The molecule has 0 saturated carbocycles. The Labute approximate surface area is 89.1 Å². The van der Waals surface area contributed by atoms with Crippen molar-refractivity contribution < 1.29 is 9.90 Å². The van der Waals surface area contributed by atoms with Gasteiger partial charge in [-0.05, 0) is 30.9 Å². The van der Waals surface area contributed by atoms with Crippen LogP contribution in [-0.4, -0.2) is 23.7 Å². The molecule has 2 N–H and O–H groups in total. The van der Waals surface area contributed by atoms with E-state index in [-0.39, 0.29) is 12.0 Å². The minimum Gasteiger partial charge on any atom is -0.480 e. The maximum Gasteiger partial charge on any atom is 0.320 e. The van der Waals surface area contributed by atoms with Gasteiger partial charge in [0.25, 0.3) is 0 Å². The van der Waals surface area contributed by atoms with E-state index in [0.29, 0.717) is 0 Å². The molecule has 0 aromatic heterocycles. The molecular formula is C12H15NO2. The summed E-state index contributed by atoms with van der Waals surface area (Å²) in [6.45, 7) is 0.814. The van der Waals surface area contributed by atoms with Crippen molar-refractivity contribution in [1.82, 2.24) is 5.32 Å². The van der Waals surface area contributed by atoms with E-state index in [2.05, 4.69) is 17.4 Å². The van der Waals surface area contributed by atoms with Gasteiger partial charge < -0.3 is 10.4 Å². The van der Waals surface area contributed by atoms with Gasteiger partial charge in [0.1, 0.15) is 6.04 Å². The fraction of sp³-hybridized carbons (Fsp3) is 0.417. The SMILES string of the molecule is O=C(O)[C@@H]1NCC[C@H]1Cc1ccccc1. The highest BCUT2D eigenvalue weighted by molar-refractivity contribution is 5.74. The summed E-state index contributed by atoms with van der Waals surface area (Å²) < 4.78 is 0. The van der Waals surface area contributed by atoms with E-state index in [4.69, 9.17) is 5.11 Å². The van der Waals surface area contributed by atoms with Gasteiger partial charge in [0.2, 0.25) is 0 Å². The number of rotatable bonds is 3. The third-order valence-corrected chi connectivity index (χ3v) is 2.96. The molecule has 1 aliphatic heterocycles. The van der Waals surface area contributed by atoms with Crippen LogP contribution in [0.3, 0.4) is 0 Å². The molecular weight excluding hydrogens is 190 g/mol. The molecule has 0 unspecified atom stereocenters. The summed E-state index contributed by atoms with van der Waals surface area (Å²) in [5, 5.41) is 12.0. The monoisotopic (exact) mass is 205 g/mol. The van der Waals surface area contributed by atoms with Crippen molar-refractivity contribution in [3.8, 4) is 0 Å². The van der Waals surface area contributed by atoms with Gasteiger partial charge in [-0.1, -0.05) is 30.3 Å². The quantitative estimate of drug-likeness (QED) is 0.781. The van der Waals surface area contributed by atoms with Crippen LogP contribution >= 0.6 is 0 Å². The fourth-order valence-electron chi connectivity index (χ4n) is 2.18. The molecule has 2 rings (SSSR count). The molecule has 1 heterocycles. The summed E-state index contributed by atoms with van der Waals surface area (Å²) in [5.74, 6) is -0.502. The van der Waals surface area contributed by atoms with Gasteiger partial charge in [-0.25, -0.2) is 0 Å². The third-order valence-electron chi connectivity index (χ3n) is 2.96. The zero-order valence-electron chi connectivity index (χ0n) is 8.52. The molecule has 3 nitrogen and oxygen atoms in total. The smallest absolute Gasteiger partial charge is 0.320 e. The fourth-order valence-corrected chi connectivity index (χ4v) is 2.18. The zero-order valence-corrected chi connectivity index (χ0v) is 8.52. The van der Waals surface area contributed by atoms with Crippen LogP contribution < -0.4 is 5.32 Å². The van der Waals surface area contributed by atoms with Gasteiger partial charge >= 0.3 is 5.97 Å². The van der Waals surface area contributed by atoms with Crippen LogP contribution in [-0.2, 0) is 11.2 Å². The number of carboxylic acids is 1. The van der Waals surface area contributed by atoms with Crippen LogP contribution in [0.4, 0.5) is 0 Å². The first kappa shape index (κ1) is 10.2. The average Bonchev–Trinajstić information content (AvgIpc) is 2.67. The maximum atomic E-state index is 10.9. The molecule has 0 bridgehead atoms. The molecule has 1 aromatic carbocycles. The molecule has 2 atom stereocenters. The van der Waals surface area contributed by atoms with E-state index < -0.39 is 5.97 Å². The third kappa shape index (κ3) is 2.36. The summed E-state index contributed by atoms with van der Waals surface area (Å²) in [4.78, 5) is 10.9. The summed E-state index contributed by atoms with van der Waals surface area (Å²) in [7, 11) is 0. The van der Waals surface area contributed by atoms with Crippen LogP contribution in [0.2, 0.25) is 0 Å². The Morgan fingerprint density at radius 1 is 1.40 bits per heavy atom. The maximum absolute atomic E-state index is 10.9. The Hall–Kier alpha value is -1.35. The number of benzene rings is 1. The van der Waals surface area contributed by atoms with Gasteiger partial charge in [-0.3, -0.25) is 4.79 Å². The number of carboxylic acid groups (broad SMARTS) is 1. The Kier molecular flexibility index (Phi) is 3.02. The molecule has 0 radical (unpaired) electrons. The number of hydrogen-bond acceptors (Lipinski definition) is 2. The Morgan fingerprint density at radius 3 is 2.80 bits per heavy atom. The topological polar surface area (TPSA) is 49.3 Å². The highest BCUT2D eigenvalue weighted by Gasteiger charge is 2.32. The van der Waals surface area contributed by atoms with E-state index in [0.717, 1.165) is 19.4 Å². The van der Waals surface area contributed by atoms with E-state index in [9.17, 15) is 4.79 Å². The second-order valence-corrected chi connectivity index (χ2v) is 4.01. The lowest BCUT2D eigenvalue weighted by atomic mass is 9.93. The molecule has 0 aliphatic carbocycles. The van der Waals surface area contributed by atoms with Gasteiger partial charge in [-0.15, -0.1) is 0 Å². The van der Waals surface area contributed by atoms with E-state index >= 15 is 0 Å². The number of nitrogens with one attached hydrogen (secondary N) is 1. The molecule has 1 aromatic rings. The Bertz CT molecular complexity index is 337. The van der Waals surface area contributed by atoms with Crippen molar-refractivity contribution in [2.45, 2.75) is 18.9 Å². The summed E-state index contributed by atoms with van der Waals surface area (Å²) >= 11 is 0. The Balaban J connectivity index is 2.03. The molecule has 3 heteroatoms. The lowest BCUT2D eigenvalue weighted by Crippen LogP contribution is -2.36.